The number of hydrogen-bond donors (Lipinski definition) is 1. The molecule has 100 valence electrons. The van der Waals surface area contributed by atoms with Crippen molar-refractivity contribution < 1.29 is 19.4 Å². The predicted octanol–water partition coefficient (Wildman–Crippen LogP) is 2.22. The Kier molecular flexibility index (Phi) is 2.65. The lowest BCUT2D eigenvalue weighted by Crippen LogP contribution is -2.59. The monoisotopic (exact) mass is 252 g/mol. The molecule has 3 atom stereocenters. The van der Waals surface area contributed by atoms with Crippen LogP contribution in [0.4, 0.5) is 0 Å². The Hall–Kier alpha value is -1.06. The van der Waals surface area contributed by atoms with Gasteiger partial charge < -0.3 is 9.84 Å². The van der Waals surface area contributed by atoms with Crippen LogP contribution in [0.25, 0.3) is 0 Å². The molecule has 18 heavy (non-hydrogen) atoms. The number of rotatable bonds is 2. The number of carbonyl (C=O) groups excluding carboxylic acids is 1. The fourth-order valence-electron chi connectivity index (χ4n) is 5.16. The van der Waals surface area contributed by atoms with Gasteiger partial charge in [0.15, 0.2) is 0 Å². The Morgan fingerprint density at radius 2 is 1.83 bits per heavy atom. The summed E-state index contributed by atoms with van der Waals surface area (Å²) in [4.78, 5) is 22.2. The summed E-state index contributed by atoms with van der Waals surface area (Å²) in [6, 6.07) is 0. The van der Waals surface area contributed by atoms with Crippen LogP contribution in [0.1, 0.15) is 45.4 Å². The molecular weight excluding hydrogens is 232 g/mol. The van der Waals surface area contributed by atoms with Gasteiger partial charge in [0, 0.05) is 5.92 Å². The molecule has 4 rings (SSSR count). The van der Waals surface area contributed by atoms with Crippen molar-refractivity contribution in [1.29, 1.82) is 0 Å². The molecule has 4 saturated carbocycles. The third-order valence-electron chi connectivity index (χ3n) is 5.36. The lowest BCUT2D eigenvalue weighted by molar-refractivity contribution is -0.212. The molecule has 0 aromatic heterocycles. The van der Waals surface area contributed by atoms with Crippen molar-refractivity contribution in [2.24, 2.45) is 23.7 Å². The Labute approximate surface area is 107 Å². The van der Waals surface area contributed by atoms with Crippen molar-refractivity contribution in [3.05, 3.63) is 0 Å². The van der Waals surface area contributed by atoms with Crippen molar-refractivity contribution in [2.45, 2.75) is 51.0 Å². The van der Waals surface area contributed by atoms with Gasteiger partial charge in [-0.15, -0.1) is 0 Å². The van der Waals surface area contributed by atoms with E-state index in [4.69, 9.17) is 9.84 Å². The van der Waals surface area contributed by atoms with Crippen molar-refractivity contribution in [1.82, 2.24) is 0 Å². The van der Waals surface area contributed by atoms with Crippen LogP contribution in [0.5, 0.6) is 0 Å². The summed E-state index contributed by atoms with van der Waals surface area (Å²) in [5.74, 6) is -0.216. The first-order valence-electron chi connectivity index (χ1n) is 7.00. The molecule has 0 aliphatic heterocycles. The highest BCUT2D eigenvalue weighted by molar-refractivity contribution is 6.28. The number of aliphatic carboxylic acids is 1. The maximum absolute atomic E-state index is 11.5. The van der Waals surface area contributed by atoms with E-state index in [1.54, 1.807) is 0 Å². The third kappa shape index (κ3) is 1.65. The Bertz CT molecular complexity index is 375. The number of hydrogen-bond acceptors (Lipinski definition) is 3. The van der Waals surface area contributed by atoms with Gasteiger partial charge in [-0.1, -0.05) is 6.92 Å². The summed E-state index contributed by atoms with van der Waals surface area (Å²) in [5, 5.41) is 8.77. The number of carbonyl (C=O) groups is 2. The average molecular weight is 252 g/mol. The minimum Gasteiger partial charge on any atom is -0.473 e. The largest absolute Gasteiger partial charge is 0.473 e. The molecule has 4 heteroatoms. The Balaban J connectivity index is 1.87. The first-order valence-corrected chi connectivity index (χ1v) is 7.00. The van der Waals surface area contributed by atoms with Gasteiger partial charge in [-0.25, -0.2) is 9.59 Å². The van der Waals surface area contributed by atoms with E-state index in [-0.39, 0.29) is 0 Å². The molecule has 1 N–H and O–H groups in total. The molecule has 0 saturated heterocycles. The van der Waals surface area contributed by atoms with Gasteiger partial charge in [0.25, 0.3) is 0 Å². The molecule has 3 unspecified atom stereocenters. The van der Waals surface area contributed by atoms with Crippen LogP contribution in [0.2, 0.25) is 0 Å². The highest BCUT2D eigenvalue weighted by Gasteiger charge is 2.58. The maximum Gasteiger partial charge on any atom is 0.417 e. The molecule has 4 aliphatic carbocycles. The highest BCUT2D eigenvalue weighted by atomic mass is 16.6. The molecule has 0 aromatic rings. The summed E-state index contributed by atoms with van der Waals surface area (Å²) in [6.45, 7) is 2.13. The minimum atomic E-state index is -1.46. The molecule has 4 bridgehead atoms. The molecular formula is C14H20O4. The van der Waals surface area contributed by atoms with Crippen LogP contribution in [0, 0.1) is 23.7 Å². The molecule has 0 spiro atoms. The van der Waals surface area contributed by atoms with Crippen LogP contribution in [0.3, 0.4) is 0 Å². The topological polar surface area (TPSA) is 63.6 Å². The first kappa shape index (κ1) is 12.0. The second-order valence-electron chi connectivity index (χ2n) is 6.38. The van der Waals surface area contributed by atoms with Gasteiger partial charge in [0.1, 0.15) is 5.60 Å². The van der Waals surface area contributed by atoms with Crippen LogP contribution in [0.15, 0.2) is 0 Å². The van der Waals surface area contributed by atoms with E-state index in [1.807, 2.05) is 0 Å². The SMILES string of the molecule is CCC1C2CC3CC(C2)CC1(OC(=O)C(=O)O)C3. The van der Waals surface area contributed by atoms with Gasteiger partial charge in [-0.3, -0.25) is 0 Å². The van der Waals surface area contributed by atoms with Crippen LogP contribution in [-0.4, -0.2) is 22.6 Å². The standard InChI is InChI=1S/C14H20O4/c1-2-11-10-4-8-3-9(5-10)7-14(11,6-8)18-13(17)12(15)16/h8-11H,2-7H2,1H3,(H,15,16). The van der Waals surface area contributed by atoms with E-state index in [1.165, 1.54) is 19.3 Å². The fraction of sp³-hybridized carbons (Fsp3) is 0.857. The number of carboxylic acids is 1. The minimum absolute atomic E-state index is 0.369. The van der Waals surface area contributed by atoms with Gasteiger partial charge in [-0.2, -0.15) is 0 Å². The van der Waals surface area contributed by atoms with E-state index in [0.717, 1.165) is 19.3 Å². The van der Waals surface area contributed by atoms with Crippen molar-refractivity contribution in [3.63, 3.8) is 0 Å². The lowest BCUT2D eigenvalue weighted by atomic mass is 9.49. The molecule has 0 amide bonds. The summed E-state index contributed by atoms with van der Waals surface area (Å²) in [5.41, 5.74) is -0.459. The van der Waals surface area contributed by atoms with Gasteiger partial charge in [0.05, 0.1) is 0 Å². The van der Waals surface area contributed by atoms with Crippen LogP contribution in [-0.2, 0) is 14.3 Å². The van der Waals surface area contributed by atoms with Gasteiger partial charge in [0.2, 0.25) is 0 Å². The van der Waals surface area contributed by atoms with E-state index < -0.39 is 17.5 Å². The second kappa shape index (κ2) is 3.97. The summed E-state index contributed by atoms with van der Waals surface area (Å²) in [6.07, 6.45) is 6.51. The zero-order chi connectivity index (χ0) is 12.9. The van der Waals surface area contributed by atoms with Crippen molar-refractivity contribution >= 4 is 11.9 Å². The van der Waals surface area contributed by atoms with Crippen molar-refractivity contribution in [2.75, 3.05) is 0 Å². The fourth-order valence-corrected chi connectivity index (χ4v) is 5.16. The number of ether oxygens (including phenoxy) is 1. The highest BCUT2D eigenvalue weighted by Crippen LogP contribution is 2.60. The van der Waals surface area contributed by atoms with Gasteiger partial charge >= 0.3 is 11.9 Å². The summed E-state index contributed by atoms with van der Waals surface area (Å²) < 4.78 is 5.48. The first-order chi connectivity index (χ1) is 8.54. The smallest absolute Gasteiger partial charge is 0.417 e. The third-order valence-corrected chi connectivity index (χ3v) is 5.36. The molecule has 0 radical (unpaired) electrons. The maximum atomic E-state index is 11.5. The molecule has 0 heterocycles. The molecule has 4 nitrogen and oxygen atoms in total. The zero-order valence-corrected chi connectivity index (χ0v) is 10.7. The van der Waals surface area contributed by atoms with Crippen molar-refractivity contribution in [3.8, 4) is 0 Å². The normalized spacial score (nSPS) is 44.9. The second-order valence-corrected chi connectivity index (χ2v) is 6.38. The zero-order valence-electron chi connectivity index (χ0n) is 10.7. The molecule has 4 aliphatic rings. The van der Waals surface area contributed by atoms with Crippen LogP contribution >= 0.6 is 0 Å². The quantitative estimate of drug-likeness (QED) is 0.604. The molecule has 4 fully saturated rings. The molecule has 0 aromatic carbocycles. The van der Waals surface area contributed by atoms with E-state index >= 15 is 0 Å². The average Bonchev–Trinajstić information content (AvgIpc) is 2.27. The van der Waals surface area contributed by atoms with E-state index in [9.17, 15) is 9.59 Å². The lowest BCUT2D eigenvalue weighted by Gasteiger charge is -2.60. The van der Waals surface area contributed by atoms with E-state index in [0.29, 0.717) is 23.7 Å². The van der Waals surface area contributed by atoms with Crippen LogP contribution < -0.4 is 0 Å². The Morgan fingerprint density at radius 3 is 2.33 bits per heavy atom. The number of carboxylic acid groups (broad SMARTS) is 1. The summed E-state index contributed by atoms with van der Waals surface area (Å²) in [7, 11) is 0. The van der Waals surface area contributed by atoms with E-state index in [2.05, 4.69) is 6.92 Å². The Morgan fingerprint density at radius 1 is 1.22 bits per heavy atom. The van der Waals surface area contributed by atoms with Gasteiger partial charge in [-0.05, 0) is 56.3 Å². The predicted molar refractivity (Wildman–Crippen MR) is 63.8 cm³/mol. The number of esters is 1. The summed E-state index contributed by atoms with van der Waals surface area (Å²) >= 11 is 0.